The fourth-order valence-corrected chi connectivity index (χ4v) is 6.06. The third kappa shape index (κ3) is 2.59. The van der Waals surface area contributed by atoms with Crippen LogP contribution in [-0.2, 0) is 16.6 Å². The molecule has 0 radical (unpaired) electrons. The van der Waals surface area contributed by atoms with Gasteiger partial charge in [0.25, 0.3) is 0 Å². The Hall–Kier alpha value is -2.62. The Morgan fingerprint density at radius 1 is 1.03 bits per heavy atom. The standard InChI is InChI=1S/C26H27N3O/c1-15-20-10-9-19-23(16-7-8-16)28-25(29-24(19)26(20,2)13-11-22(15)30)18-12-14-27-21-6-4-3-5-17(18)21/h3-6,12,14-16,20H,7-11,13H2,1-2H3/t15-,20-,26-/m1/s1. The largest absolute Gasteiger partial charge is 0.299 e. The number of fused-ring (bicyclic) bond motifs is 4. The third-order valence-corrected chi connectivity index (χ3v) is 7.96. The summed E-state index contributed by atoms with van der Waals surface area (Å²) < 4.78 is 0. The Balaban J connectivity index is 1.59. The van der Waals surface area contributed by atoms with Crippen molar-refractivity contribution in [3.05, 3.63) is 53.5 Å². The zero-order chi connectivity index (χ0) is 20.5. The summed E-state index contributed by atoms with van der Waals surface area (Å²) in [6.07, 6.45) is 8.00. The van der Waals surface area contributed by atoms with E-state index >= 15 is 0 Å². The zero-order valence-corrected chi connectivity index (χ0v) is 17.7. The van der Waals surface area contributed by atoms with E-state index in [0.29, 0.717) is 24.0 Å². The van der Waals surface area contributed by atoms with Gasteiger partial charge in [0.1, 0.15) is 5.78 Å². The van der Waals surface area contributed by atoms with E-state index < -0.39 is 0 Å². The number of para-hydroxylation sites is 1. The van der Waals surface area contributed by atoms with Crippen LogP contribution in [0.3, 0.4) is 0 Å². The lowest BCUT2D eigenvalue weighted by molar-refractivity contribution is -0.128. The molecule has 2 aromatic heterocycles. The van der Waals surface area contributed by atoms with Gasteiger partial charge in [-0.3, -0.25) is 9.78 Å². The number of hydrogen-bond acceptors (Lipinski definition) is 4. The molecule has 3 aliphatic carbocycles. The molecule has 30 heavy (non-hydrogen) atoms. The molecule has 3 aromatic rings. The lowest BCUT2D eigenvalue weighted by Crippen LogP contribution is -2.47. The van der Waals surface area contributed by atoms with E-state index in [2.05, 4.69) is 37.0 Å². The molecule has 0 N–H and O–H groups in total. The molecule has 2 fully saturated rings. The molecule has 0 aliphatic heterocycles. The van der Waals surface area contributed by atoms with E-state index in [-0.39, 0.29) is 11.3 Å². The number of hydrogen-bond donors (Lipinski definition) is 0. The van der Waals surface area contributed by atoms with Gasteiger partial charge in [0, 0.05) is 40.8 Å². The Labute approximate surface area is 177 Å². The second kappa shape index (κ2) is 6.44. The van der Waals surface area contributed by atoms with Gasteiger partial charge in [-0.05, 0) is 55.7 Å². The number of pyridine rings is 1. The Morgan fingerprint density at radius 3 is 2.70 bits per heavy atom. The van der Waals surface area contributed by atoms with Crippen LogP contribution in [0.2, 0.25) is 0 Å². The van der Waals surface area contributed by atoms with E-state index in [1.807, 2.05) is 18.3 Å². The summed E-state index contributed by atoms with van der Waals surface area (Å²) in [5.74, 6) is 2.35. The molecule has 0 amide bonds. The lowest BCUT2D eigenvalue weighted by Gasteiger charge is -2.48. The molecule has 0 saturated heterocycles. The first-order chi connectivity index (χ1) is 14.6. The molecular formula is C26H27N3O. The fourth-order valence-electron chi connectivity index (χ4n) is 6.06. The minimum absolute atomic E-state index is 0.0366. The first-order valence-corrected chi connectivity index (χ1v) is 11.3. The van der Waals surface area contributed by atoms with Crippen molar-refractivity contribution in [1.29, 1.82) is 0 Å². The van der Waals surface area contributed by atoms with Crippen molar-refractivity contribution in [1.82, 2.24) is 15.0 Å². The Kier molecular flexibility index (Phi) is 3.90. The maximum Gasteiger partial charge on any atom is 0.160 e. The summed E-state index contributed by atoms with van der Waals surface area (Å²) in [4.78, 5) is 27.4. The summed E-state index contributed by atoms with van der Waals surface area (Å²) in [6.45, 7) is 4.49. The van der Waals surface area contributed by atoms with Crippen molar-refractivity contribution >= 4 is 16.7 Å². The number of benzene rings is 1. The molecule has 4 heteroatoms. The van der Waals surface area contributed by atoms with E-state index in [4.69, 9.17) is 9.97 Å². The van der Waals surface area contributed by atoms with Crippen LogP contribution in [0.5, 0.6) is 0 Å². The molecule has 2 heterocycles. The van der Waals surface area contributed by atoms with E-state index in [9.17, 15) is 4.79 Å². The molecule has 2 saturated carbocycles. The summed E-state index contributed by atoms with van der Waals surface area (Å²) in [7, 11) is 0. The minimum atomic E-state index is -0.0366. The van der Waals surface area contributed by atoms with Gasteiger partial charge in [0.2, 0.25) is 0 Å². The van der Waals surface area contributed by atoms with Crippen LogP contribution >= 0.6 is 0 Å². The van der Waals surface area contributed by atoms with E-state index in [0.717, 1.165) is 41.6 Å². The highest BCUT2D eigenvalue weighted by Gasteiger charge is 2.50. The average Bonchev–Trinajstić information content (AvgIpc) is 3.61. The molecule has 0 bridgehead atoms. The van der Waals surface area contributed by atoms with Crippen LogP contribution < -0.4 is 0 Å². The lowest BCUT2D eigenvalue weighted by atomic mass is 9.56. The molecule has 3 aliphatic rings. The smallest absolute Gasteiger partial charge is 0.160 e. The van der Waals surface area contributed by atoms with Crippen LogP contribution in [0.4, 0.5) is 0 Å². The molecule has 0 spiro atoms. The minimum Gasteiger partial charge on any atom is -0.299 e. The van der Waals surface area contributed by atoms with Crippen LogP contribution in [0.15, 0.2) is 36.5 Å². The quantitative estimate of drug-likeness (QED) is 0.582. The highest BCUT2D eigenvalue weighted by Crippen LogP contribution is 2.53. The van der Waals surface area contributed by atoms with Crippen LogP contribution in [0.1, 0.15) is 68.8 Å². The summed E-state index contributed by atoms with van der Waals surface area (Å²) in [5.41, 5.74) is 5.90. The number of carbonyl (C=O) groups excluding carboxylic acids is 1. The second-order valence-corrected chi connectivity index (χ2v) is 9.73. The Morgan fingerprint density at radius 2 is 1.87 bits per heavy atom. The van der Waals surface area contributed by atoms with Crippen molar-refractivity contribution < 1.29 is 4.79 Å². The van der Waals surface area contributed by atoms with Gasteiger partial charge < -0.3 is 0 Å². The van der Waals surface area contributed by atoms with Gasteiger partial charge in [-0.25, -0.2) is 9.97 Å². The predicted octanol–water partition coefficient (Wildman–Crippen LogP) is 5.39. The maximum atomic E-state index is 12.5. The van der Waals surface area contributed by atoms with E-state index in [1.165, 1.54) is 29.8 Å². The highest BCUT2D eigenvalue weighted by atomic mass is 16.1. The summed E-state index contributed by atoms with van der Waals surface area (Å²) >= 11 is 0. The number of ketones is 1. The number of aromatic nitrogens is 3. The monoisotopic (exact) mass is 397 g/mol. The number of carbonyl (C=O) groups is 1. The molecule has 4 nitrogen and oxygen atoms in total. The van der Waals surface area contributed by atoms with Crippen molar-refractivity contribution in [3.63, 3.8) is 0 Å². The molecule has 152 valence electrons. The van der Waals surface area contributed by atoms with Gasteiger partial charge in [-0.1, -0.05) is 32.0 Å². The first-order valence-electron chi connectivity index (χ1n) is 11.3. The Bertz CT molecular complexity index is 1180. The number of nitrogens with zero attached hydrogens (tertiary/aromatic N) is 3. The molecule has 0 unspecified atom stereocenters. The van der Waals surface area contributed by atoms with Gasteiger partial charge >= 0.3 is 0 Å². The topological polar surface area (TPSA) is 55.7 Å². The van der Waals surface area contributed by atoms with Gasteiger partial charge in [0.05, 0.1) is 16.9 Å². The maximum absolute atomic E-state index is 12.5. The normalized spacial score (nSPS) is 28.3. The van der Waals surface area contributed by atoms with Crippen molar-refractivity contribution in [2.75, 3.05) is 0 Å². The van der Waals surface area contributed by atoms with Gasteiger partial charge in [0.15, 0.2) is 5.82 Å². The molecular weight excluding hydrogens is 370 g/mol. The van der Waals surface area contributed by atoms with E-state index in [1.54, 1.807) is 0 Å². The van der Waals surface area contributed by atoms with Gasteiger partial charge in [-0.2, -0.15) is 0 Å². The number of rotatable bonds is 2. The van der Waals surface area contributed by atoms with Crippen molar-refractivity contribution in [2.24, 2.45) is 11.8 Å². The fraction of sp³-hybridized carbons (Fsp3) is 0.462. The van der Waals surface area contributed by atoms with Crippen molar-refractivity contribution in [2.45, 2.75) is 63.7 Å². The zero-order valence-electron chi connectivity index (χ0n) is 17.7. The highest BCUT2D eigenvalue weighted by molar-refractivity contribution is 5.92. The molecule has 1 aromatic carbocycles. The SMILES string of the molecule is C[C@H]1C(=O)CC[C@@]2(C)c3nc(-c4ccnc5ccccc45)nc(C4CC4)c3CC[C@H]12. The second-order valence-electron chi connectivity index (χ2n) is 9.73. The molecule has 3 atom stereocenters. The summed E-state index contributed by atoms with van der Waals surface area (Å²) in [6, 6.07) is 10.3. The third-order valence-electron chi connectivity index (χ3n) is 7.96. The number of Topliss-reactive ketones (excluding diaryl/α,β-unsaturated/α-hetero) is 1. The van der Waals surface area contributed by atoms with Crippen LogP contribution in [0, 0.1) is 11.8 Å². The van der Waals surface area contributed by atoms with Crippen LogP contribution in [-0.4, -0.2) is 20.7 Å². The van der Waals surface area contributed by atoms with Gasteiger partial charge in [-0.15, -0.1) is 0 Å². The predicted molar refractivity (Wildman–Crippen MR) is 117 cm³/mol. The van der Waals surface area contributed by atoms with Crippen LogP contribution in [0.25, 0.3) is 22.3 Å². The average molecular weight is 398 g/mol. The summed E-state index contributed by atoms with van der Waals surface area (Å²) in [5, 5.41) is 1.10. The first kappa shape index (κ1) is 18.2. The molecule has 6 rings (SSSR count). The van der Waals surface area contributed by atoms with Crippen molar-refractivity contribution in [3.8, 4) is 11.4 Å².